The molecular formula is C14H24N2O3. The van der Waals surface area contributed by atoms with Crippen LogP contribution in [0.1, 0.15) is 46.5 Å². The Morgan fingerprint density at radius 3 is 2.74 bits per heavy atom. The van der Waals surface area contributed by atoms with Crippen molar-refractivity contribution in [2.24, 2.45) is 5.41 Å². The molecule has 108 valence electrons. The van der Waals surface area contributed by atoms with E-state index >= 15 is 0 Å². The third-order valence-corrected chi connectivity index (χ3v) is 3.95. The van der Waals surface area contributed by atoms with Crippen LogP contribution >= 0.6 is 0 Å². The minimum Gasteiger partial charge on any atom is -0.444 e. The summed E-state index contributed by atoms with van der Waals surface area (Å²) in [4.78, 5) is 25.3. The Kier molecular flexibility index (Phi) is 3.74. The fourth-order valence-corrected chi connectivity index (χ4v) is 2.88. The summed E-state index contributed by atoms with van der Waals surface area (Å²) in [7, 11) is 0. The quantitative estimate of drug-likeness (QED) is 0.730. The second-order valence-corrected chi connectivity index (χ2v) is 6.75. The summed E-state index contributed by atoms with van der Waals surface area (Å²) >= 11 is 0. The largest absolute Gasteiger partial charge is 0.444 e. The first-order valence-electron chi connectivity index (χ1n) is 7.04. The predicted octanol–water partition coefficient (Wildman–Crippen LogP) is 1.91. The van der Waals surface area contributed by atoms with Crippen LogP contribution in [0.3, 0.4) is 0 Å². The molecule has 2 aliphatic heterocycles. The molecule has 1 atom stereocenters. The van der Waals surface area contributed by atoms with Gasteiger partial charge in [-0.25, -0.2) is 4.79 Å². The Labute approximate surface area is 114 Å². The number of hydrogen-bond acceptors (Lipinski definition) is 3. The van der Waals surface area contributed by atoms with Crippen molar-refractivity contribution in [3.05, 3.63) is 0 Å². The maximum atomic E-state index is 12.1. The molecule has 2 amide bonds. The minimum absolute atomic E-state index is 0.107. The molecule has 0 aromatic rings. The lowest BCUT2D eigenvalue weighted by molar-refractivity contribution is -0.120. The highest BCUT2D eigenvalue weighted by Gasteiger charge is 2.41. The Morgan fingerprint density at radius 1 is 1.32 bits per heavy atom. The number of hydrogen-bond donors (Lipinski definition) is 1. The highest BCUT2D eigenvalue weighted by molar-refractivity contribution is 5.76. The number of rotatable bonds is 0. The van der Waals surface area contributed by atoms with Gasteiger partial charge in [0.05, 0.1) is 0 Å². The van der Waals surface area contributed by atoms with E-state index in [4.69, 9.17) is 4.74 Å². The van der Waals surface area contributed by atoms with Gasteiger partial charge in [-0.15, -0.1) is 0 Å². The van der Waals surface area contributed by atoms with Gasteiger partial charge < -0.3 is 15.0 Å². The average molecular weight is 268 g/mol. The molecule has 0 unspecified atom stereocenters. The van der Waals surface area contributed by atoms with Crippen molar-refractivity contribution in [1.29, 1.82) is 0 Å². The number of carbonyl (C=O) groups is 2. The van der Waals surface area contributed by atoms with Gasteiger partial charge in [-0.1, -0.05) is 0 Å². The monoisotopic (exact) mass is 268 g/mol. The van der Waals surface area contributed by atoms with E-state index in [9.17, 15) is 9.59 Å². The van der Waals surface area contributed by atoms with Gasteiger partial charge in [0.2, 0.25) is 5.91 Å². The molecule has 0 aromatic carbocycles. The zero-order chi connectivity index (χ0) is 14.1. The normalized spacial score (nSPS) is 28.2. The van der Waals surface area contributed by atoms with E-state index in [0.29, 0.717) is 6.42 Å². The van der Waals surface area contributed by atoms with E-state index in [0.717, 1.165) is 38.9 Å². The first kappa shape index (κ1) is 14.2. The summed E-state index contributed by atoms with van der Waals surface area (Å²) in [5.74, 6) is 0.132. The first-order chi connectivity index (χ1) is 8.80. The molecule has 2 saturated heterocycles. The summed E-state index contributed by atoms with van der Waals surface area (Å²) in [6, 6.07) is 0. The van der Waals surface area contributed by atoms with E-state index in [-0.39, 0.29) is 17.4 Å². The molecule has 0 radical (unpaired) electrons. The zero-order valence-corrected chi connectivity index (χ0v) is 12.1. The maximum Gasteiger partial charge on any atom is 0.410 e. The number of ether oxygens (including phenoxy) is 1. The van der Waals surface area contributed by atoms with Crippen LogP contribution in [0.5, 0.6) is 0 Å². The second kappa shape index (κ2) is 5.02. The van der Waals surface area contributed by atoms with Gasteiger partial charge in [0.15, 0.2) is 0 Å². The SMILES string of the molecule is CC(C)(C)OC(=O)N1CC[C@@]2(CCNC(=O)CC2)C1. The summed E-state index contributed by atoms with van der Waals surface area (Å²) in [5, 5.41) is 2.90. The Morgan fingerprint density at radius 2 is 2.05 bits per heavy atom. The zero-order valence-electron chi connectivity index (χ0n) is 12.1. The molecule has 5 heteroatoms. The molecule has 0 bridgehead atoms. The average Bonchev–Trinajstić information content (AvgIpc) is 2.60. The smallest absolute Gasteiger partial charge is 0.410 e. The number of likely N-dealkylation sites (tertiary alicyclic amines) is 1. The van der Waals surface area contributed by atoms with Crippen LogP contribution in [0.4, 0.5) is 4.79 Å². The van der Waals surface area contributed by atoms with E-state index < -0.39 is 5.60 Å². The van der Waals surface area contributed by atoms with Crippen molar-refractivity contribution < 1.29 is 14.3 Å². The Balaban J connectivity index is 1.95. The summed E-state index contributed by atoms with van der Waals surface area (Å²) in [6.45, 7) is 7.82. The van der Waals surface area contributed by atoms with Gasteiger partial charge in [-0.2, -0.15) is 0 Å². The lowest BCUT2D eigenvalue weighted by Crippen LogP contribution is -2.37. The topological polar surface area (TPSA) is 58.6 Å². The third kappa shape index (κ3) is 3.61. The molecule has 2 fully saturated rings. The van der Waals surface area contributed by atoms with Crippen molar-refractivity contribution in [2.75, 3.05) is 19.6 Å². The molecule has 0 aliphatic carbocycles. The van der Waals surface area contributed by atoms with Gasteiger partial charge in [0.1, 0.15) is 5.60 Å². The van der Waals surface area contributed by atoms with Gasteiger partial charge in [-0.3, -0.25) is 4.79 Å². The lowest BCUT2D eigenvalue weighted by Gasteiger charge is -2.28. The Hall–Kier alpha value is -1.26. The van der Waals surface area contributed by atoms with E-state index in [1.807, 2.05) is 20.8 Å². The van der Waals surface area contributed by atoms with Crippen molar-refractivity contribution in [3.63, 3.8) is 0 Å². The number of nitrogens with zero attached hydrogens (tertiary/aromatic N) is 1. The highest BCUT2D eigenvalue weighted by Crippen LogP contribution is 2.39. The van der Waals surface area contributed by atoms with Crippen LogP contribution in [-0.4, -0.2) is 42.1 Å². The first-order valence-corrected chi connectivity index (χ1v) is 7.04. The third-order valence-electron chi connectivity index (χ3n) is 3.95. The highest BCUT2D eigenvalue weighted by atomic mass is 16.6. The van der Waals surface area contributed by atoms with Gasteiger partial charge in [0, 0.05) is 26.1 Å². The molecule has 5 nitrogen and oxygen atoms in total. The molecule has 1 N–H and O–H groups in total. The molecule has 0 saturated carbocycles. The molecule has 2 rings (SSSR count). The van der Waals surface area contributed by atoms with Crippen molar-refractivity contribution in [3.8, 4) is 0 Å². The summed E-state index contributed by atoms with van der Waals surface area (Å²) < 4.78 is 5.41. The van der Waals surface area contributed by atoms with E-state index in [2.05, 4.69) is 5.32 Å². The molecule has 2 heterocycles. The Bertz CT molecular complexity index is 375. The summed E-state index contributed by atoms with van der Waals surface area (Å²) in [6.07, 6.45) is 3.15. The maximum absolute atomic E-state index is 12.1. The molecule has 0 aromatic heterocycles. The van der Waals surface area contributed by atoms with Crippen LogP contribution < -0.4 is 5.32 Å². The van der Waals surface area contributed by atoms with E-state index in [1.165, 1.54) is 0 Å². The fourth-order valence-electron chi connectivity index (χ4n) is 2.88. The van der Waals surface area contributed by atoms with Crippen molar-refractivity contribution in [1.82, 2.24) is 10.2 Å². The van der Waals surface area contributed by atoms with Crippen molar-refractivity contribution >= 4 is 12.0 Å². The second-order valence-electron chi connectivity index (χ2n) is 6.75. The molecule has 2 aliphatic rings. The minimum atomic E-state index is -0.451. The number of nitrogens with one attached hydrogen (secondary N) is 1. The van der Waals surface area contributed by atoms with Crippen LogP contribution in [0.2, 0.25) is 0 Å². The molecular weight excluding hydrogens is 244 g/mol. The van der Waals surface area contributed by atoms with Crippen LogP contribution in [-0.2, 0) is 9.53 Å². The van der Waals surface area contributed by atoms with E-state index in [1.54, 1.807) is 4.90 Å². The van der Waals surface area contributed by atoms with Gasteiger partial charge >= 0.3 is 6.09 Å². The number of carbonyl (C=O) groups excluding carboxylic acids is 2. The fraction of sp³-hybridized carbons (Fsp3) is 0.857. The van der Waals surface area contributed by atoms with Crippen molar-refractivity contribution in [2.45, 2.75) is 52.1 Å². The molecule has 1 spiro atoms. The number of amides is 2. The molecule has 19 heavy (non-hydrogen) atoms. The van der Waals surface area contributed by atoms with Gasteiger partial charge in [-0.05, 0) is 45.4 Å². The van der Waals surface area contributed by atoms with Crippen LogP contribution in [0, 0.1) is 5.41 Å². The van der Waals surface area contributed by atoms with Gasteiger partial charge in [0.25, 0.3) is 0 Å². The van der Waals surface area contributed by atoms with Crippen LogP contribution in [0.25, 0.3) is 0 Å². The lowest BCUT2D eigenvalue weighted by atomic mass is 9.80. The summed E-state index contributed by atoms with van der Waals surface area (Å²) in [5.41, 5.74) is -0.343. The van der Waals surface area contributed by atoms with Crippen LogP contribution in [0.15, 0.2) is 0 Å². The standard InChI is InChI=1S/C14H24N2O3/c1-13(2,3)19-12(18)16-9-7-14(10-16)5-4-11(17)15-8-6-14/h4-10H2,1-3H3,(H,15,17)/t14-/m1/s1. The predicted molar refractivity (Wildman–Crippen MR) is 71.7 cm³/mol.